The Bertz CT molecular complexity index is 590. The van der Waals surface area contributed by atoms with Crippen LogP contribution in [0.15, 0.2) is 36.5 Å². The van der Waals surface area contributed by atoms with E-state index in [2.05, 4.69) is 34.0 Å². The number of ether oxygens (including phenoxy) is 1. The number of aromatic nitrogens is 2. The molecule has 0 aliphatic carbocycles. The molecule has 2 rings (SSSR count). The summed E-state index contributed by atoms with van der Waals surface area (Å²) in [6, 6.07) is 9.36. The van der Waals surface area contributed by atoms with Crippen molar-refractivity contribution in [3.63, 3.8) is 0 Å². The molecular formula is C16H21ClN4O. The number of anilines is 2. The normalized spacial score (nSPS) is 10.7. The summed E-state index contributed by atoms with van der Waals surface area (Å²) in [5.74, 6) is 1.28. The Labute approximate surface area is 136 Å². The number of hydrogen-bond donors (Lipinski definition) is 1. The summed E-state index contributed by atoms with van der Waals surface area (Å²) >= 11 is 5.85. The molecule has 2 aromatic rings. The molecule has 0 saturated carbocycles. The van der Waals surface area contributed by atoms with Gasteiger partial charge >= 0.3 is 0 Å². The molecule has 0 radical (unpaired) electrons. The monoisotopic (exact) mass is 320 g/mol. The van der Waals surface area contributed by atoms with E-state index in [4.69, 9.17) is 16.3 Å². The van der Waals surface area contributed by atoms with Gasteiger partial charge in [0.05, 0.1) is 0 Å². The number of nitrogens with zero attached hydrogens (tertiary/aromatic N) is 3. The fraction of sp³-hybridized carbons (Fsp3) is 0.375. The molecule has 0 amide bonds. The summed E-state index contributed by atoms with van der Waals surface area (Å²) in [4.78, 5) is 10.5. The quantitative estimate of drug-likeness (QED) is 0.753. The van der Waals surface area contributed by atoms with Crippen molar-refractivity contribution >= 4 is 23.2 Å². The number of halogens is 1. The Balaban J connectivity index is 1.92. The lowest BCUT2D eigenvalue weighted by Crippen LogP contribution is -2.27. The third-order valence-electron chi connectivity index (χ3n) is 3.28. The van der Waals surface area contributed by atoms with Gasteiger partial charge in [-0.2, -0.15) is 0 Å². The topological polar surface area (TPSA) is 50.3 Å². The highest BCUT2D eigenvalue weighted by Gasteiger charge is 2.02. The highest BCUT2D eigenvalue weighted by molar-refractivity contribution is 6.29. The molecule has 0 fully saturated rings. The first-order chi connectivity index (χ1) is 10.7. The minimum Gasteiger partial charge on any atom is -0.492 e. The van der Waals surface area contributed by atoms with Gasteiger partial charge in [-0.1, -0.05) is 31.5 Å². The van der Waals surface area contributed by atoms with Gasteiger partial charge in [-0.25, -0.2) is 9.97 Å². The molecule has 1 aromatic heterocycles. The molecule has 5 nitrogen and oxygen atoms in total. The summed E-state index contributed by atoms with van der Waals surface area (Å²) in [5, 5.41) is 3.52. The van der Waals surface area contributed by atoms with Gasteiger partial charge < -0.3 is 15.0 Å². The van der Waals surface area contributed by atoms with Gasteiger partial charge in [-0.3, -0.25) is 0 Å². The van der Waals surface area contributed by atoms with Crippen molar-refractivity contribution in [1.82, 2.24) is 14.9 Å². The second-order valence-corrected chi connectivity index (χ2v) is 5.12. The van der Waals surface area contributed by atoms with Gasteiger partial charge in [0.15, 0.2) is 0 Å². The minimum atomic E-state index is 0.407. The lowest BCUT2D eigenvalue weighted by atomic mass is 10.3. The van der Waals surface area contributed by atoms with Gasteiger partial charge in [0, 0.05) is 24.5 Å². The van der Waals surface area contributed by atoms with E-state index in [9.17, 15) is 0 Å². The zero-order valence-corrected chi connectivity index (χ0v) is 13.7. The number of hydrogen-bond acceptors (Lipinski definition) is 5. The van der Waals surface area contributed by atoms with Crippen LogP contribution < -0.4 is 10.1 Å². The van der Waals surface area contributed by atoms with Crippen LogP contribution in [0.2, 0.25) is 5.15 Å². The fourth-order valence-electron chi connectivity index (χ4n) is 2.02. The van der Waals surface area contributed by atoms with Gasteiger partial charge in [0.25, 0.3) is 0 Å². The predicted molar refractivity (Wildman–Crippen MR) is 90.0 cm³/mol. The molecule has 0 aliphatic rings. The highest BCUT2D eigenvalue weighted by atomic mass is 35.5. The number of likely N-dealkylation sites (N-methyl/N-ethyl adjacent to an activating group) is 1. The van der Waals surface area contributed by atoms with Crippen molar-refractivity contribution in [1.29, 1.82) is 0 Å². The molecule has 0 atom stereocenters. The van der Waals surface area contributed by atoms with Crippen LogP contribution in [0.1, 0.15) is 13.8 Å². The molecular weight excluding hydrogens is 300 g/mol. The van der Waals surface area contributed by atoms with Crippen molar-refractivity contribution in [2.45, 2.75) is 13.8 Å². The maximum Gasteiger partial charge on any atom is 0.228 e. The standard InChI is InChI=1S/C16H21ClN4O/c1-3-21(4-2)10-11-22-14-7-5-6-13(12-14)19-16-18-9-8-15(17)20-16/h5-9,12H,3-4,10-11H2,1-2H3,(H,18,19,20). The summed E-state index contributed by atoms with van der Waals surface area (Å²) in [6.45, 7) is 7.96. The number of rotatable bonds is 8. The maximum absolute atomic E-state index is 5.85. The van der Waals surface area contributed by atoms with E-state index >= 15 is 0 Å². The van der Waals surface area contributed by atoms with Gasteiger partial charge in [0.2, 0.25) is 5.95 Å². The molecule has 0 unspecified atom stereocenters. The first kappa shape index (κ1) is 16.5. The van der Waals surface area contributed by atoms with E-state index in [1.54, 1.807) is 12.3 Å². The largest absolute Gasteiger partial charge is 0.492 e. The van der Waals surface area contributed by atoms with Crippen molar-refractivity contribution in [3.05, 3.63) is 41.7 Å². The average molecular weight is 321 g/mol. The molecule has 0 aliphatic heterocycles. The summed E-state index contributed by atoms with van der Waals surface area (Å²) < 4.78 is 5.79. The van der Waals surface area contributed by atoms with Crippen molar-refractivity contribution in [3.8, 4) is 5.75 Å². The van der Waals surface area contributed by atoms with Crippen LogP contribution in [-0.4, -0.2) is 41.1 Å². The van der Waals surface area contributed by atoms with Gasteiger partial charge in [-0.15, -0.1) is 0 Å². The van der Waals surface area contributed by atoms with Gasteiger partial charge in [0.1, 0.15) is 17.5 Å². The SMILES string of the molecule is CCN(CC)CCOc1cccc(Nc2nccc(Cl)n2)c1. The Morgan fingerprint density at radius 2 is 2.05 bits per heavy atom. The van der Waals surface area contributed by atoms with Crippen LogP contribution in [0.5, 0.6) is 5.75 Å². The van der Waals surface area contributed by atoms with Crippen LogP contribution in [0.3, 0.4) is 0 Å². The minimum absolute atomic E-state index is 0.407. The molecule has 0 bridgehead atoms. The van der Waals surface area contributed by atoms with E-state index in [-0.39, 0.29) is 0 Å². The van der Waals surface area contributed by atoms with Crippen molar-refractivity contribution in [2.75, 3.05) is 31.6 Å². The van der Waals surface area contributed by atoms with Crippen LogP contribution >= 0.6 is 11.6 Å². The molecule has 118 valence electrons. The van der Waals surface area contributed by atoms with E-state index in [0.29, 0.717) is 17.7 Å². The molecule has 0 saturated heterocycles. The van der Waals surface area contributed by atoms with Crippen LogP contribution in [0.25, 0.3) is 0 Å². The molecule has 1 aromatic carbocycles. The van der Waals surface area contributed by atoms with Crippen LogP contribution in [0.4, 0.5) is 11.6 Å². The van der Waals surface area contributed by atoms with E-state index in [0.717, 1.165) is 31.1 Å². The lowest BCUT2D eigenvalue weighted by molar-refractivity contribution is 0.223. The third-order valence-corrected chi connectivity index (χ3v) is 3.49. The molecule has 1 heterocycles. The zero-order chi connectivity index (χ0) is 15.8. The molecule has 22 heavy (non-hydrogen) atoms. The smallest absolute Gasteiger partial charge is 0.228 e. The Hall–Kier alpha value is -1.85. The second kappa shape index (κ2) is 8.56. The fourth-order valence-corrected chi connectivity index (χ4v) is 2.16. The lowest BCUT2D eigenvalue weighted by Gasteiger charge is -2.18. The number of benzene rings is 1. The maximum atomic E-state index is 5.85. The first-order valence-corrected chi connectivity index (χ1v) is 7.80. The van der Waals surface area contributed by atoms with Crippen molar-refractivity contribution < 1.29 is 4.74 Å². The Morgan fingerprint density at radius 1 is 1.23 bits per heavy atom. The zero-order valence-electron chi connectivity index (χ0n) is 12.9. The Morgan fingerprint density at radius 3 is 2.77 bits per heavy atom. The second-order valence-electron chi connectivity index (χ2n) is 4.73. The van der Waals surface area contributed by atoms with E-state index in [1.807, 2.05) is 24.3 Å². The summed E-state index contributed by atoms with van der Waals surface area (Å²) in [6.07, 6.45) is 1.61. The molecule has 0 spiro atoms. The number of nitrogens with one attached hydrogen (secondary N) is 1. The van der Waals surface area contributed by atoms with Crippen LogP contribution in [0, 0.1) is 0 Å². The van der Waals surface area contributed by atoms with Gasteiger partial charge in [-0.05, 0) is 31.3 Å². The predicted octanol–water partition coefficient (Wildman–Crippen LogP) is 3.59. The van der Waals surface area contributed by atoms with Crippen molar-refractivity contribution in [2.24, 2.45) is 0 Å². The summed E-state index contributed by atoms with van der Waals surface area (Å²) in [7, 11) is 0. The highest BCUT2D eigenvalue weighted by Crippen LogP contribution is 2.20. The molecule has 1 N–H and O–H groups in total. The average Bonchev–Trinajstić information content (AvgIpc) is 2.52. The first-order valence-electron chi connectivity index (χ1n) is 7.42. The van der Waals surface area contributed by atoms with Crippen LogP contribution in [-0.2, 0) is 0 Å². The third kappa shape index (κ3) is 5.16. The Kier molecular flexibility index (Phi) is 6.43. The molecule has 6 heteroatoms. The van der Waals surface area contributed by atoms with E-state index in [1.165, 1.54) is 0 Å². The van der Waals surface area contributed by atoms with E-state index < -0.39 is 0 Å². The summed E-state index contributed by atoms with van der Waals surface area (Å²) in [5.41, 5.74) is 0.864.